The van der Waals surface area contributed by atoms with Crippen molar-refractivity contribution in [2.45, 2.75) is 40.7 Å². The SMILES string of the molecule is CCc1cccc2c(C(C)=O)cn(CCOc3ccc(C)c(C)c3)c12. The molecule has 3 heteroatoms. The molecule has 0 fully saturated rings. The zero-order valence-electron chi connectivity index (χ0n) is 15.4. The Bertz CT molecular complexity index is 921. The molecule has 1 aromatic heterocycles. The summed E-state index contributed by atoms with van der Waals surface area (Å²) in [6, 6.07) is 12.4. The molecule has 130 valence electrons. The number of carbonyl (C=O) groups is 1. The van der Waals surface area contributed by atoms with E-state index in [1.165, 1.54) is 16.7 Å². The molecule has 0 aliphatic heterocycles. The first kappa shape index (κ1) is 17.3. The molecule has 0 aliphatic carbocycles. The molecule has 2 aromatic carbocycles. The van der Waals surface area contributed by atoms with Crippen molar-refractivity contribution in [3.8, 4) is 5.75 Å². The van der Waals surface area contributed by atoms with Crippen molar-refractivity contribution in [2.24, 2.45) is 0 Å². The third kappa shape index (κ3) is 3.46. The minimum Gasteiger partial charge on any atom is -0.492 e. The van der Waals surface area contributed by atoms with Crippen LogP contribution in [-0.2, 0) is 13.0 Å². The number of aromatic nitrogens is 1. The number of rotatable bonds is 6. The van der Waals surface area contributed by atoms with Gasteiger partial charge in [-0.2, -0.15) is 0 Å². The van der Waals surface area contributed by atoms with E-state index in [2.05, 4.69) is 43.5 Å². The molecule has 0 spiro atoms. The second kappa shape index (κ2) is 7.14. The number of carbonyl (C=O) groups excluding carboxylic acids is 1. The summed E-state index contributed by atoms with van der Waals surface area (Å²) in [6.45, 7) is 9.25. The first-order chi connectivity index (χ1) is 12.0. The number of ketones is 1. The smallest absolute Gasteiger partial charge is 0.161 e. The molecule has 3 nitrogen and oxygen atoms in total. The molecule has 0 bridgehead atoms. The van der Waals surface area contributed by atoms with E-state index in [0.717, 1.165) is 28.6 Å². The van der Waals surface area contributed by atoms with Crippen molar-refractivity contribution < 1.29 is 9.53 Å². The highest BCUT2D eigenvalue weighted by Crippen LogP contribution is 2.26. The van der Waals surface area contributed by atoms with E-state index < -0.39 is 0 Å². The Kier molecular flexibility index (Phi) is 4.93. The molecule has 0 radical (unpaired) electrons. The molecule has 0 saturated heterocycles. The van der Waals surface area contributed by atoms with Crippen LogP contribution in [0.5, 0.6) is 5.75 Å². The summed E-state index contributed by atoms with van der Waals surface area (Å²) >= 11 is 0. The van der Waals surface area contributed by atoms with E-state index in [1.54, 1.807) is 6.92 Å². The molecule has 25 heavy (non-hydrogen) atoms. The van der Waals surface area contributed by atoms with Crippen LogP contribution in [0.1, 0.15) is 40.9 Å². The molecule has 0 aliphatic rings. The summed E-state index contributed by atoms with van der Waals surface area (Å²) in [7, 11) is 0. The van der Waals surface area contributed by atoms with Gasteiger partial charge in [0, 0.05) is 17.1 Å². The maximum atomic E-state index is 12.0. The first-order valence-corrected chi connectivity index (χ1v) is 8.83. The minimum atomic E-state index is 0.104. The lowest BCUT2D eigenvalue weighted by atomic mass is 10.1. The maximum absolute atomic E-state index is 12.0. The van der Waals surface area contributed by atoms with Gasteiger partial charge in [0.05, 0.1) is 12.1 Å². The third-order valence-electron chi connectivity index (χ3n) is 4.82. The van der Waals surface area contributed by atoms with Crippen molar-refractivity contribution in [3.63, 3.8) is 0 Å². The van der Waals surface area contributed by atoms with Crippen LogP contribution in [0.3, 0.4) is 0 Å². The minimum absolute atomic E-state index is 0.104. The van der Waals surface area contributed by atoms with E-state index in [-0.39, 0.29) is 5.78 Å². The fourth-order valence-corrected chi connectivity index (χ4v) is 3.25. The standard InChI is InChI=1S/C22H25NO2/c1-5-18-7-6-8-20-21(17(4)24)14-23(22(18)20)11-12-25-19-10-9-15(2)16(3)13-19/h6-10,13-14H,5,11-12H2,1-4H3. The van der Waals surface area contributed by atoms with Crippen LogP contribution in [0.15, 0.2) is 42.6 Å². The summed E-state index contributed by atoms with van der Waals surface area (Å²) in [5.74, 6) is 0.995. The number of hydrogen-bond donors (Lipinski definition) is 0. The van der Waals surface area contributed by atoms with Crippen LogP contribution in [0.2, 0.25) is 0 Å². The van der Waals surface area contributed by atoms with Gasteiger partial charge in [-0.3, -0.25) is 4.79 Å². The number of fused-ring (bicyclic) bond motifs is 1. The molecule has 0 atom stereocenters. The second-order valence-corrected chi connectivity index (χ2v) is 6.55. The molecule has 0 N–H and O–H groups in total. The summed E-state index contributed by atoms with van der Waals surface area (Å²) in [5.41, 5.74) is 5.70. The van der Waals surface area contributed by atoms with Crippen molar-refractivity contribution in [2.75, 3.05) is 6.61 Å². The van der Waals surface area contributed by atoms with Crippen LogP contribution in [0.25, 0.3) is 10.9 Å². The number of aryl methyl sites for hydroxylation is 3. The first-order valence-electron chi connectivity index (χ1n) is 8.83. The van der Waals surface area contributed by atoms with Crippen molar-refractivity contribution in [1.82, 2.24) is 4.57 Å². The second-order valence-electron chi connectivity index (χ2n) is 6.55. The molecule has 3 aromatic rings. The van der Waals surface area contributed by atoms with Gasteiger partial charge in [0.1, 0.15) is 12.4 Å². The fraction of sp³-hybridized carbons (Fsp3) is 0.318. The van der Waals surface area contributed by atoms with Crippen molar-refractivity contribution in [1.29, 1.82) is 0 Å². The Morgan fingerprint density at radius 1 is 1.12 bits per heavy atom. The van der Waals surface area contributed by atoms with Gasteiger partial charge in [-0.05, 0) is 56.0 Å². The highest BCUT2D eigenvalue weighted by molar-refractivity contribution is 6.07. The van der Waals surface area contributed by atoms with Crippen LogP contribution >= 0.6 is 0 Å². The zero-order chi connectivity index (χ0) is 18.0. The van der Waals surface area contributed by atoms with Gasteiger partial charge in [-0.1, -0.05) is 31.2 Å². The number of Topliss-reactive ketones (excluding diaryl/α,β-unsaturated/α-hetero) is 1. The highest BCUT2D eigenvalue weighted by Gasteiger charge is 2.14. The Balaban J connectivity index is 1.85. The fourth-order valence-electron chi connectivity index (χ4n) is 3.25. The summed E-state index contributed by atoms with van der Waals surface area (Å²) in [4.78, 5) is 12.0. The Morgan fingerprint density at radius 3 is 2.60 bits per heavy atom. The quantitative estimate of drug-likeness (QED) is 0.587. The van der Waals surface area contributed by atoms with E-state index in [0.29, 0.717) is 13.2 Å². The monoisotopic (exact) mass is 335 g/mol. The van der Waals surface area contributed by atoms with E-state index in [1.807, 2.05) is 24.4 Å². The van der Waals surface area contributed by atoms with Crippen LogP contribution in [0.4, 0.5) is 0 Å². The lowest BCUT2D eigenvalue weighted by Gasteiger charge is -2.11. The topological polar surface area (TPSA) is 31.2 Å². The third-order valence-corrected chi connectivity index (χ3v) is 4.82. The number of ether oxygens (including phenoxy) is 1. The van der Waals surface area contributed by atoms with Gasteiger partial charge >= 0.3 is 0 Å². The molecular formula is C22H25NO2. The number of benzene rings is 2. The van der Waals surface area contributed by atoms with Gasteiger partial charge in [-0.25, -0.2) is 0 Å². The van der Waals surface area contributed by atoms with E-state index >= 15 is 0 Å². The van der Waals surface area contributed by atoms with E-state index in [9.17, 15) is 4.79 Å². The van der Waals surface area contributed by atoms with Gasteiger partial charge in [-0.15, -0.1) is 0 Å². The zero-order valence-corrected chi connectivity index (χ0v) is 15.4. The van der Waals surface area contributed by atoms with E-state index in [4.69, 9.17) is 4.74 Å². The Hall–Kier alpha value is -2.55. The predicted molar refractivity (Wildman–Crippen MR) is 103 cm³/mol. The molecule has 3 rings (SSSR count). The molecule has 1 heterocycles. The molecule has 0 unspecified atom stereocenters. The van der Waals surface area contributed by atoms with Crippen LogP contribution in [-0.4, -0.2) is 17.0 Å². The van der Waals surface area contributed by atoms with Crippen LogP contribution in [0, 0.1) is 13.8 Å². The van der Waals surface area contributed by atoms with Crippen molar-refractivity contribution >= 4 is 16.7 Å². The average Bonchev–Trinajstić information content (AvgIpc) is 2.97. The van der Waals surface area contributed by atoms with Gasteiger partial charge < -0.3 is 9.30 Å². The number of nitrogens with zero attached hydrogens (tertiary/aromatic N) is 1. The van der Waals surface area contributed by atoms with Crippen molar-refractivity contribution in [3.05, 3.63) is 64.8 Å². The summed E-state index contributed by atoms with van der Waals surface area (Å²) in [5, 5.41) is 1.04. The molecular weight excluding hydrogens is 310 g/mol. The number of para-hydroxylation sites is 1. The largest absolute Gasteiger partial charge is 0.492 e. The van der Waals surface area contributed by atoms with Gasteiger partial charge in [0.15, 0.2) is 5.78 Å². The summed E-state index contributed by atoms with van der Waals surface area (Å²) in [6.07, 6.45) is 2.91. The lowest BCUT2D eigenvalue weighted by Crippen LogP contribution is -2.08. The predicted octanol–water partition coefficient (Wildman–Crippen LogP) is 5.10. The molecule has 0 saturated carbocycles. The Morgan fingerprint density at radius 2 is 1.92 bits per heavy atom. The van der Waals surface area contributed by atoms with Gasteiger partial charge in [0.25, 0.3) is 0 Å². The van der Waals surface area contributed by atoms with Crippen LogP contribution < -0.4 is 4.74 Å². The maximum Gasteiger partial charge on any atom is 0.161 e. The molecule has 0 amide bonds. The normalized spacial score (nSPS) is 11.0. The number of hydrogen-bond acceptors (Lipinski definition) is 2. The Labute approximate surface area is 149 Å². The highest BCUT2D eigenvalue weighted by atomic mass is 16.5. The average molecular weight is 335 g/mol. The van der Waals surface area contributed by atoms with Gasteiger partial charge in [0.2, 0.25) is 0 Å². The lowest BCUT2D eigenvalue weighted by molar-refractivity contribution is 0.101. The summed E-state index contributed by atoms with van der Waals surface area (Å²) < 4.78 is 8.09.